The SMILES string of the molecule is CC(=N)[C@@H](C#N)C(=O)COC(=O)CNC(=O)c1ccc(C)c(C)c1. The minimum Gasteiger partial charge on any atom is -0.456 e. The summed E-state index contributed by atoms with van der Waals surface area (Å²) < 4.78 is 4.71. The van der Waals surface area contributed by atoms with Gasteiger partial charge in [0.25, 0.3) is 5.91 Å². The van der Waals surface area contributed by atoms with Gasteiger partial charge in [-0.15, -0.1) is 0 Å². The van der Waals surface area contributed by atoms with Gasteiger partial charge in [-0.2, -0.15) is 5.26 Å². The van der Waals surface area contributed by atoms with Crippen LogP contribution in [0.25, 0.3) is 0 Å². The number of aryl methyl sites for hydroxylation is 2. The summed E-state index contributed by atoms with van der Waals surface area (Å²) in [6.45, 7) is 4.14. The van der Waals surface area contributed by atoms with Gasteiger partial charge in [-0.25, -0.2) is 0 Å². The van der Waals surface area contributed by atoms with Crippen LogP contribution in [0, 0.1) is 36.5 Å². The number of hydrogen-bond acceptors (Lipinski definition) is 6. The first-order chi connectivity index (χ1) is 11.3. The number of ether oxygens (including phenoxy) is 1. The van der Waals surface area contributed by atoms with Gasteiger partial charge in [-0.3, -0.25) is 14.4 Å². The van der Waals surface area contributed by atoms with Gasteiger partial charge in [-0.1, -0.05) is 6.07 Å². The second-order valence-corrected chi connectivity index (χ2v) is 5.35. The van der Waals surface area contributed by atoms with Crippen molar-refractivity contribution in [3.63, 3.8) is 0 Å². The van der Waals surface area contributed by atoms with E-state index >= 15 is 0 Å². The maximum absolute atomic E-state index is 11.9. The second kappa shape index (κ2) is 8.58. The van der Waals surface area contributed by atoms with Crippen LogP contribution in [0.3, 0.4) is 0 Å². The van der Waals surface area contributed by atoms with Gasteiger partial charge in [0, 0.05) is 11.3 Å². The number of benzene rings is 1. The average molecular weight is 329 g/mol. The number of carbonyl (C=O) groups excluding carboxylic acids is 3. The van der Waals surface area contributed by atoms with E-state index in [0.29, 0.717) is 5.56 Å². The molecule has 0 bridgehead atoms. The van der Waals surface area contributed by atoms with E-state index in [0.717, 1.165) is 11.1 Å². The molecule has 1 aromatic rings. The molecule has 0 aromatic heterocycles. The number of ketones is 1. The lowest BCUT2D eigenvalue weighted by atomic mass is 10.0. The van der Waals surface area contributed by atoms with Crippen LogP contribution >= 0.6 is 0 Å². The van der Waals surface area contributed by atoms with E-state index in [4.69, 9.17) is 15.4 Å². The predicted molar refractivity (Wildman–Crippen MR) is 86.7 cm³/mol. The van der Waals surface area contributed by atoms with E-state index in [-0.39, 0.29) is 12.3 Å². The molecule has 0 unspecified atom stereocenters. The molecule has 0 fully saturated rings. The molecule has 126 valence electrons. The molecule has 0 radical (unpaired) electrons. The summed E-state index contributed by atoms with van der Waals surface area (Å²) in [5, 5.41) is 18.5. The summed E-state index contributed by atoms with van der Waals surface area (Å²) in [6.07, 6.45) is 0. The first-order valence-corrected chi connectivity index (χ1v) is 7.24. The Morgan fingerprint density at radius 1 is 1.29 bits per heavy atom. The number of nitrogens with zero attached hydrogens (tertiary/aromatic N) is 1. The van der Waals surface area contributed by atoms with Crippen molar-refractivity contribution >= 4 is 23.4 Å². The van der Waals surface area contributed by atoms with Crippen molar-refractivity contribution in [3.05, 3.63) is 34.9 Å². The van der Waals surface area contributed by atoms with Gasteiger partial charge < -0.3 is 15.5 Å². The summed E-state index contributed by atoms with van der Waals surface area (Å²) >= 11 is 0. The zero-order chi connectivity index (χ0) is 18.3. The molecule has 0 saturated heterocycles. The second-order valence-electron chi connectivity index (χ2n) is 5.35. The van der Waals surface area contributed by atoms with Gasteiger partial charge in [0.05, 0.1) is 6.07 Å². The first-order valence-electron chi connectivity index (χ1n) is 7.24. The Kier molecular flexibility index (Phi) is 6.80. The third kappa shape index (κ3) is 5.32. The summed E-state index contributed by atoms with van der Waals surface area (Å²) in [5.74, 6) is -3.10. The normalized spacial score (nSPS) is 11.1. The van der Waals surface area contributed by atoms with Gasteiger partial charge in [0.2, 0.25) is 0 Å². The van der Waals surface area contributed by atoms with Crippen molar-refractivity contribution in [2.45, 2.75) is 20.8 Å². The largest absolute Gasteiger partial charge is 0.456 e. The van der Waals surface area contributed by atoms with Crippen molar-refractivity contribution in [1.29, 1.82) is 10.7 Å². The summed E-state index contributed by atoms with van der Waals surface area (Å²) in [6, 6.07) is 6.84. The van der Waals surface area contributed by atoms with Gasteiger partial charge >= 0.3 is 5.97 Å². The van der Waals surface area contributed by atoms with Crippen molar-refractivity contribution in [1.82, 2.24) is 5.32 Å². The Morgan fingerprint density at radius 3 is 2.50 bits per heavy atom. The van der Waals surface area contributed by atoms with E-state index in [9.17, 15) is 14.4 Å². The van der Waals surface area contributed by atoms with Crippen molar-refractivity contribution in [2.24, 2.45) is 5.92 Å². The molecule has 1 amide bonds. The highest BCUT2D eigenvalue weighted by atomic mass is 16.5. The molecule has 0 heterocycles. The molecule has 7 heteroatoms. The Balaban J connectivity index is 2.47. The molecule has 0 saturated carbocycles. The van der Waals surface area contributed by atoms with Crippen molar-refractivity contribution in [2.75, 3.05) is 13.2 Å². The summed E-state index contributed by atoms with van der Waals surface area (Å²) in [5.41, 5.74) is 2.32. The van der Waals surface area contributed by atoms with Crippen LogP contribution in [0.2, 0.25) is 0 Å². The molecule has 24 heavy (non-hydrogen) atoms. The number of esters is 1. The smallest absolute Gasteiger partial charge is 0.325 e. The number of amides is 1. The standard InChI is InChI=1S/C17H19N3O4/c1-10-4-5-13(6-11(10)2)17(23)20-8-16(22)24-9-15(21)14(7-18)12(3)19/h4-6,14,19H,8-9H2,1-3H3,(H,20,23)/t14-/m1/s1. The monoisotopic (exact) mass is 329 g/mol. The zero-order valence-corrected chi connectivity index (χ0v) is 13.8. The summed E-state index contributed by atoms with van der Waals surface area (Å²) in [7, 11) is 0. The third-order valence-electron chi connectivity index (χ3n) is 3.42. The van der Waals surface area contributed by atoms with Gasteiger partial charge in [0.1, 0.15) is 12.5 Å². The molecule has 0 aliphatic carbocycles. The van der Waals surface area contributed by atoms with Crippen LogP contribution < -0.4 is 5.32 Å². The maximum atomic E-state index is 11.9. The molecule has 0 aliphatic rings. The van der Waals surface area contributed by atoms with Gasteiger partial charge in [-0.05, 0) is 44.0 Å². The first kappa shape index (κ1) is 19.0. The number of rotatable bonds is 7. The molecule has 2 N–H and O–H groups in total. The fourth-order valence-corrected chi connectivity index (χ4v) is 1.83. The molecule has 1 aromatic carbocycles. The Hall–Kier alpha value is -3.01. The molecule has 1 atom stereocenters. The molecular weight excluding hydrogens is 310 g/mol. The van der Waals surface area contributed by atoms with E-state index in [1.54, 1.807) is 18.2 Å². The van der Waals surface area contributed by atoms with Crippen LogP contribution in [0.4, 0.5) is 0 Å². The van der Waals surface area contributed by atoms with Crippen molar-refractivity contribution in [3.8, 4) is 6.07 Å². The average Bonchev–Trinajstić information content (AvgIpc) is 2.53. The molecule has 7 nitrogen and oxygen atoms in total. The Bertz CT molecular complexity index is 719. The highest BCUT2D eigenvalue weighted by molar-refractivity contribution is 6.06. The number of nitriles is 1. The minimum absolute atomic E-state index is 0.110. The number of carbonyl (C=O) groups is 3. The fraction of sp³-hybridized carbons (Fsp3) is 0.353. The van der Waals surface area contributed by atoms with E-state index in [1.807, 2.05) is 19.9 Å². The maximum Gasteiger partial charge on any atom is 0.325 e. The molecule has 0 aliphatic heterocycles. The molecule has 0 spiro atoms. The van der Waals surface area contributed by atoms with Crippen LogP contribution in [-0.4, -0.2) is 36.5 Å². The van der Waals surface area contributed by atoms with E-state index in [1.165, 1.54) is 6.92 Å². The zero-order valence-electron chi connectivity index (χ0n) is 13.8. The van der Waals surface area contributed by atoms with Gasteiger partial charge in [0.15, 0.2) is 12.4 Å². The predicted octanol–water partition coefficient (Wildman–Crippen LogP) is 1.32. The van der Waals surface area contributed by atoms with E-state index in [2.05, 4.69) is 5.32 Å². The topological polar surface area (TPSA) is 120 Å². The lowest BCUT2D eigenvalue weighted by Gasteiger charge is -2.09. The Labute approximate surface area is 140 Å². The van der Waals surface area contributed by atoms with Crippen LogP contribution in [0.1, 0.15) is 28.4 Å². The number of nitrogens with one attached hydrogen (secondary N) is 2. The molecule has 1 rings (SSSR count). The highest BCUT2D eigenvalue weighted by Crippen LogP contribution is 2.09. The Morgan fingerprint density at radius 2 is 1.96 bits per heavy atom. The number of Topliss-reactive ketones (excluding diaryl/α,β-unsaturated/α-hetero) is 1. The van der Waals surface area contributed by atoms with Crippen LogP contribution in [0.5, 0.6) is 0 Å². The van der Waals surface area contributed by atoms with Crippen LogP contribution in [0.15, 0.2) is 18.2 Å². The highest BCUT2D eigenvalue weighted by Gasteiger charge is 2.21. The van der Waals surface area contributed by atoms with E-state index < -0.39 is 30.2 Å². The lowest BCUT2D eigenvalue weighted by molar-refractivity contribution is -0.147. The minimum atomic E-state index is -1.22. The number of hydrogen-bond donors (Lipinski definition) is 2. The summed E-state index contributed by atoms with van der Waals surface area (Å²) in [4.78, 5) is 35.1. The van der Waals surface area contributed by atoms with Crippen molar-refractivity contribution < 1.29 is 19.1 Å². The van der Waals surface area contributed by atoms with Crippen LogP contribution in [-0.2, 0) is 14.3 Å². The third-order valence-corrected chi connectivity index (χ3v) is 3.42. The lowest BCUT2D eigenvalue weighted by Crippen LogP contribution is -2.32. The quantitative estimate of drug-likeness (QED) is 0.577. The molecular formula is C17H19N3O4. The fourth-order valence-electron chi connectivity index (χ4n) is 1.83.